The van der Waals surface area contributed by atoms with E-state index in [1.165, 1.54) is 0 Å². The van der Waals surface area contributed by atoms with Gasteiger partial charge in [-0.25, -0.2) is 4.79 Å². The number of nitrogens with zero attached hydrogens (tertiary/aromatic N) is 2. The van der Waals surface area contributed by atoms with E-state index in [2.05, 4.69) is 5.32 Å². The van der Waals surface area contributed by atoms with Crippen molar-refractivity contribution in [2.24, 2.45) is 0 Å². The first-order valence-electron chi connectivity index (χ1n) is 8.28. The summed E-state index contributed by atoms with van der Waals surface area (Å²) >= 11 is 0. The second-order valence-corrected chi connectivity index (χ2v) is 7.03. The van der Waals surface area contributed by atoms with E-state index in [4.69, 9.17) is 4.74 Å². The van der Waals surface area contributed by atoms with E-state index < -0.39 is 17.7 Å². The van der Waals surface area contributed by atoms with Crippen LogP contribution >= 0.6 is 0 Å². The summed E-state index contributed by atoms with van der Waals surface area (Å²) in [6, 6.07) is 7.14. The lowest BCUT2D eigenvalue weighted by atomic mass is 10.1. The van der Waals surface area contributed by atoms with Crippen LogP contribution in [0.4, 0.5) is 16.2 Å². The van der Waals surface area contributed by atoms with E-state index in [1.807, 2.05) is 52.1 Å². The fourth-order valence-corrected chi connectivity index (χ4v) is 2.77. The van der Waals surface area contributed by atoms with Gasteiger partial charge in [-0.3, -0.25) is 9.69 Å². The molecule has 6 nitrogen and oxygen atoms in total. The zero-order chi connectivity index (χ0) is 17.9. The number of carbonyl (C=O) groups excluding carboxylic acids is 2. The molecule has 0 aliphatic carbocycles. The molecule has 24 heavy (non-hydrogen) atoms. The molecule has 1 atom stereocenters. The van der Waals surface area contributed by atoms with Gasteiger partial charge in [0.15, 0.2) is 0 Å². The topological polar surface area (TPSA) is 61.9 Å². The molecule has 1 N–H and O–H groups in total. The highest BCUT2D eigenvalue weighted by atomic mass is 16.6. The minimum absolute atomic E-state index is 0.0874. The summed E-state index contributed by atoms with van der Waals surface area (Å²) in [4.78, 5) is 28.3. The molecule has 0 unspecified atom stereocenters. The maximum atomic E-state index is 12.8. The minimum atomic E-state index is -0.567. The first-order valence-corrected chi connectivity index (χ1v) is 8.28. The van der Waals surface area contributed by atoms with Gasteiger partial charge in [-0.15, -0.1) is 0 Å². The lowest BCUT2D eigenvalue weighted by Gasteiger charge is -2.30. The quantitative estimate of drug-likeness (QED) is 0.923. The normalized spacial score (nSPS) is 17.5. The Bertz CT molecular complexity index is 593. The molecule has 0 saturated carbocycles. The van der Waals surface area contributed by atoms with Crippen LogP contribution in [0.15, 0.2) is 24.3 Å². The standard InChI is InChI=1S/C18H27N3O3/c1-18(2,3)24-17(23)21-12-6-7-15(21)16(22)20(5)14-10-8-13(19-4)9-11-14/h8-11,15,19H,6-7,12H2,1-5H3/t15-/m0/s1. The summed E-state index contributed by atoms with van der Waals surface area (Å²) < 4.78 is 5.43. The third-order valence-electron chi connectivity index (χ3n) is 4.04. The van der Waals surface area contributed by atoms with Gasteiger partial charge in [0, 0.05) is 32.0 Å². The van der Waals surface area contributed by atoms with Crippen LogP contribution < -0.4 is 10.2 Å². The molecule has 2 rings (SSSR count). The third-order valence-corrected chi connectivity index (χ3v) is 4.04. The molecule has 1 heterocycles. The number of likely N-dealkylation sites (N-methyl/N-ethyl adjacent to an activating group) is 1. The molecule has 0 bridgehead atoms. The van der Waals surface area contributed by atoms with Crippen molar-refractivity contribution in [3.05, 3.63) is 24.3 Å². The molecule has 0 radical (unpaired) electrons. The molecule has 1 aliphatic heterocycles. The fraction of sp³-hybridized carbons (Fsp3) is 0.556. The maximum Gasteiger partial charge on any atom is 0.410 e. The first-order chi connectivity index (χ1) is 11.2. The summed E-state index contributed by atoms with van der Waals surface area (Å²) in [5.74, 6) is -0.0874. The number of anilines is 2. The molecule has 1 aliphatic rings. The van der Waals surface area contributed by atoms with E-state index in [0.29, 0.717) is 13.0 Å². The van der Waals surface area contributed by atoms with Gasteiger partial charge in [0.2, 0.25) is 5.91 Å². The summed E-state index contributed by atoms with van der Waals surface area (Å²) in [7, 11) is 3.59. The number of hydrogen-bond acceptors (Lipinski definition) is 4. The highest BCUT2D eigenvalue weighted by Gasteiger charge is 2.38. The van der Waals surface area contributed by atoms with Crippen molar-refractivity contribution in [3.63, 3.8) is 0 Å². The maximum absolute atomic E-state index is 12.8. The molecule has 6 heteroatoms. The third kappa shape index (κ3) is 4.19. The average Bonchev–Trinajstić information content (AvgIpc) is 3.01. The van der Waals surface area contributed by atoms with Crippen LogP contribution in [-0.4, -0.2) is 49.2 Å². The summed E-state index contributed by atoms with van der Waals surface area (Å²) in [6.45, 7) is 6.03. The zero-order valence-electron chi connectivity index (χ0n) is 15.1. The van der Waals surface area contributed by atoms with Crippen molar-refractivity contribution in [1.82, 2.24) is 4.90 Å². The number of carbonyl (C=O) groups is 2. The van der Waals surface area contributed by atoms with Gasteiger partial charge in [0.1, 0.15) is 11.6 Å². The van der Waals surface area contributed by atoms with Crippen molar-refractivity contribution in [3.8, 4) is 0 Å². The van der Waals surface area contributed by atoms with Crippen LogP contribution in [-0.2, 0) is 9.53 Å². The number of ether oxygens (including phenoxy) is 1. The van der Waals surface area contributed by atoms with Gasteiger partial charge in [-0.1, -0.05) is 0 Å². The van der Waals surface area contributed by atoms with Crippen molar-refractivity contribution in [2.45, 2.75) is 45.3 Å². The Morgan fingerprint density at radius 2 is 1.88 bits per heavy atom. The van der Waals surface area contributed by atoms with Gasteiger partial charge >= 0.3 is 6.09 Å². The van der Waals surface area contributed by atoms with Gasteiger partial charge in [0.25, 0.3) is 0 Å². The summed E-state index contributed by atoms with van der Waals surface area (Å²) in [6.07, 6.45) is 1.05. The van der Waals surface area contributed by atoms with Crippen LogP contribution in [0.25, 0.3) is 0 Å². The monoisotopic (exact) mass is 333 g/mol. The van der Waals surface area contributed by atoms with Crippen LogP contribution in [0.3, 0.4) is 0 Å². The lowest BCUT2D eigenvalue weighted by molar-refractivity contribution is -0.122. The average molecular weight is 333 g/mol. The predicted molar refractivity (Wildman–Crippen MR) is 95.4 cm³/mol. The van der Waals surface area contributed by atoms with E-state index in [1.54, 1.807) is 16.8 Å². The molecule has 1 saturated heterocycles. The first kappa shape index (κ1) is 18.1. The van der Waals surface area contributed by atoms with Crippen LogP contribution in [0.5, 0.6) is 0 Å². The number of amides is 2. The minimum Gasteiger partial charge on any atom is -0.444 e. The number of nitrogens with one attached hydrogen (secondary N) is 1. The molecule has 0 spiro atoms. The molecule has 132 valence electrons. The Morgan fingerprint density at radius 1 is 1.25 bits per heavy atom. The Hall–Kier alpha value is -2.24. The number of hydrogen-bond donors (Lipinski definition) is 1. The SMILES string of the molecule is CNc1ccc(N(C)C(=O)[C@@H]2CCCN2C(=O)OC(C)(C)C)cc1. The number of rotatable bonds is 3. The number of likely N-dealkylation sites (tertiary alicyclic amines) is 1. The van der Waals surface area contributed by atoms with E-state index in [-0.39, 0.29) is 5.91 Å². The van der Waals surface area contributed by atoms with Gasteiger partial charge in [-0.2, -0.15) is 0 Å². The molecular weight excluding hydrogens is 306 g/mol. The fourth-order valence-electron chi connectivity index (χ4n) is 2.77. The highest BCUT2D eigenvalue weighted by molar-refractivity contribution is 5.98. The zero-order valence-corrected chi connectivity index (χ0v) is 15.1. The van der Waals surface area contributed by atoms with E-state index >= 15 is 0 Å². The molecular formula is C18H27N3O3. The lowest BCUT2D eigenvalue weighted by Crippen LogP contribution is -2.48. The van der Waals surface area contributed by atoms with Crippen molar-refractivity contribution >= 4 is 23.4 Å². The summed E-state index contributed by atoms with van der Waals surface area (Å²) in [5, 5.41) is 3.05. The van der Waals surface area contributed by atoms with Gasteiger partial charge in [0.05, 0.1) is 0 Å². The smallest absolute Gasteiger partial charge is 0.410 e. The van der Waals surface area contributed by atoms with Crippen LogP contribution in [0.1, 0.15) is 33.6 Å². The Morgan fingerprint density at radius 3 is 2.42 bits per heavy atom. The molecule has 0 aromatic heterocycles. The second-order valence-electron chi connectivity index (χ2n) is 7.03. The second kappa shape index (κ2) is 7.11. The van der Waals surface area contributed by atoms with Crippen LogP contribution in [0, 0.1) is 0 Å². The summed E-state index contributed by atoms with van der Waals surface area (Å²) in [5.41, 5.74) is 1.22. The highest BCUT2D eigenvalue weighted by Crippen LogP contribution is 2.25. The Kier molecular flexibility index (Phi) is 5.36. The van der Waals surface area contributed by atoms with E-state index in [9.17, 15) is 9.59 Å². The van der Waals surface area contributed by atoms with Crippen molar-refractivity contribution in [1.29, 1.82) is 0 Å². The van der Waals surface area contributed by atoms with Gasteiger partial charge < -0.3 is 15.0 Å². The Labute approximate surface area is 143 Å². The molecule has 1 aromatic rings. The number of benzene rings is 1. The van der Waals surface area contributed by atoms with Crippen molar-refractivity contribution < 1.29 is 14.3 Å². The van der Waals surface area contributed by atoms with Crippen LogP contribution in [0.2, 0.25) is 0 Å². The molecule has 2 amide bonds. The largest absolute Gasteiger partial charge is 0.444 e. The van der Waals surface area contributed by atoms with E-state index in [0.717, 1.165) is 17.8 Å². The molecule has 1 aromatic carbocycles. The van der Waals surface area contributed by atoms with Gasteiger partial charge in [-0.05, 0) is 57.9 Å². The van der Waals surface area contributed by atoms with Crippen molar-refractivity contribution in [2.75, 3.05) is 30.9 Å². The molecule has 1 fully saturated rings. The Balaban J connectivity index is 2.10. The predicted octanol–water partition coefficient (Wildman–Crippen LogP) is 3.09.